The van der Waals surface area contributed by atoms with Crippen LogP contribution < -0.4 is 5.32 Å². The van der Waals surface area contributed by atoms with Gasteiger partial charge in [-0.25, -0.2) is 0 Å². The van der Waals surface area contributed by atoms with Gasteiger partial charge in [0.15, 0.2) is 0 Å². The standard InChI is InChI=1S/C28H40N4O2/c1-3-7-25(21-33)32-20-27-22(9-6-10-26(27)28(32)34)8-4-5-15-30-16-18-31(19-17-30)24-13-11-23(29-2)12-14-24/h6,9-10,21,23-25,29H,3,5,7,11-20H2,1-2H3. The highest BCUT2D eigenvalue weighted by molar-refractivity contribution is 6.00. The van der Waals surface area contributed by atoms with Gasteiger partial charge in [-0.2, -0.15) is 0 Å². The van der Waals surface area contributed by atoms with E-state index >= 15 is 0 Å². The lowest BCUT2D eigenvalue weighted by Crippen LogP contribution is -2.51. The zero-order chi connectivity index (χ0) is 23.9. The molecule has 1 saturated heterocycles. The van der Waals surface area contributed by atoms with E-state index in [1.54, 1.807) is 4.90 Å². The van der Waals surface area contributed by atoms with Gasteiger partial charge in [0, 0.05) is 68.9 Å². The van der Waals surface area contributed by atoms with Crippen LogP contribution in [0.5, 0.6) is 0 Å². The van der Waals surface area contributed by atoms with Crippen LogP contribution in [0.3, 0.4) is 0 Å². The third-order valence-electron chi connectivity index (χ3n) is 7.94. The van der Waals surface area contributed by atoms with Crippen molar-refractivity contribution in [1.82, 2.24) is 20.0 Å². The molecule has 0 radical (unpaired) electrons. The van der Waals surface area contributed by atoms with Crippen LogP contribution in [0.2, 0.25) is 0 Å². The summed E-state index contributed by atoms with van der Waals surface area (Å²) in [5.41, 5.74) is 2.61. The molecule has 2 fully saturated rings. The molecule has 1 aromatic carbocycles. The number of rotatable bonds is 8. The van der Waals surface area contributed by atoms with Crippen LogP contribution in [0, 0.1) is 11.8 Å². The van der Waals surface area contributed by atoms with E-state index in [2.05, 4.69) is 34.0 Å². The van der Waals surface area contributed by atoms with Crippen LogP contribution in [-0.2, 0) is 11.3 Å². The number of carbonyl (C=O) groups excluding carboxylic acids is 2. The monoisotopic (exact) mass is 464 g/mol. The molecule has 1 aromatic rings. The highest BCUT2D eigenvalue weighted by Gasteiger charge is 2.33. The SMILES string of the molecule is CCCC(C=O)N1Cc2c(C#CCCN3CCN(C4CCC(NC)CC4)CC3)cccc2C1=O. The summed E-state index contributed by atoms with van der Waals surface area (Å²) in [5, 5.41) is 3.43. The quantitative estimate of drug-likeness (QED) is 0.474. The van der Waals surface area contributed by atoms with Crippen molar-refractivity contribution < 1.29 is 9.59 Å². The highest BCUT2D eigenvalue weighted by Crippen LogP contribution is 2.28. The molecule has 1 aliphatic carbocycles. The predicted molar refractivity (Wildman–Crippen MR) is 136 cm³/mol. The Morgan fingerprint density at radius 3 is 2.59 bits per heavy atom. The summed E-state index contributed by atoms with van der Waals surface area (Å²) in [6.45, 7) is 8.11. The minimum absolute atomic E-state index is 0.0403. The van der Waals surface area contributed by atoms with Gasteiger partial charge in [0.05, 0.1) is 6.04 Å². The molecule has 1 amide bonds. The molecule has 2 aliphatic heterocycles. The molecule has 1 N–H and O–H groups in total. The second kappa shape index (κ2) is 12.0. The Kier molecular flexibility index (Phi) is 8.77. The van der Waals surface area contributed by atoms with Crippen molar-refractivity contribution in [3.63, 3.8) is 0 Å². The van der Waals surface area contributed by atoms with Crippen LogP contribution in [-0.4, -0.2) is 84.8 Å². The minimum atomic E-state index is -0.345. The summed E-state index contributed by atoms with van der Waals surface area (Å²) in [7, 11) is 2.09. The molecule has 1 unspecified atom stereocenters. The van der Waals surface area contributed by atoms with E-state index < -0.39 is 0 Å². The first kappa shape index (κ1) is 24.9. The lowest BCUT2D eigenvalue weighted by Gasteiger charge is -2.41. The van der Waals surface area contributed by atoms with Gasteiger partial charge in [-0.15, -0.1) is 0 Å². The molecule has 6 nitrogen and oxygen atoms in total. The maximum atomic E-state index is 12.8. The van der Waals surface area contributed by atoms with E-state index in [0.29, 0.717) is 24.6 Å². The summed E-state index contributed by atoms with van der Waals surface area (Å²) in [4.78, 5) is 31.3. The number of benzene rings is 1. The topological polar surface area (TPSA) is 55.9 Å². The number of hydrogen-bond donors (Lipinski definition) is 1. The molecule has 0 aromatic heterocycles. The molecule has 184 valence electrons. The number of amides is 1. The number of hydrogen-bond acceptors (Lipinski definition) is 5. The molecule has 0 bridgehead atoms. The highest BCUT2D eigenvalue weighted by atomic mass is 16.2. The maximum absolute atomic E-state index is 12.8. The molecule has 1 saturated carbocycles. The summed E-state index contributed by atoms with van der Waals surface area (Å²) in [6.07, 6.45) is 8.58. The molecular formula is C28H40N4O2. The Morgan fingerprint density at radius 1 is 1.15 bits per heavy atom. The molecule has 2 heterocycles. The van der Waals surface area contributed by atoms with Crippen LogP contribution >= 0.6 is 0 Å². The second-order valence-electron chi connectivity index (χ2n) is 9.98. The Balaban J connectivity index is 1.26. The number of fused-ring (bicyclic) bond motifs is 1. The third kappa shape index (κ3) is 5.71. The van der Waals surface area contributed by atoms with Gasteiger partial charge in [0.25, 0.3) is 5.91 Å². The lowest BCUT2D eigenvalue weighted by molar-refractivity contribution is -0.112. The average molecular weight is 465 g/mol. The Morgan fingerprint density at radius 2 is 1.91 bits per heavy atom. The lowest BCUT2D eigenvalue weighted by atomic mass is 9.90. The van der Waals surface area contributed by atoms with E-state index in [0.717, 1.165) is 55.9 Å². The fourth-order valence-corrected chi connectivity index (χ4v) is 5.79. The summed E-state index contributed by atoms with van der Waals surface area (Å²) in [6, 6.07) is 6.91. The Hall–Kier alpha value is -2.20. The normalized spacial score (nSPS) is 24.4. The minimum Gasteiger partial charge on any atom is -0.324 e. The van der Waals surface area contributed by atoms with Crippen molar-refractivity contribution in [2.24, 2.45) is 0 Å². The van der Waals surface area contributed by atoms with Crippen molar-refractivity contribution in [3.8, 4) is 11.8 Å². The van der Waals surface area contributed by atoms with E-state index in [1.165, 1.54) is 38.8 Å². The van der Waals surface area contributed by atoms with Gasteiger partial charge in [-0.3, -0.25) is 14.6 Å². The van der Waals surface area contributed by atoms with Crippen LogP contribution in [0.1, 0.15) is 73.4 Å². The summed E-state index contributed by atoms with van der Waals surface area (Å²) < 4.78 is 0. The van der Waals surface area contributed by atoms with Gasteiger partial charge in [-0.05, 0) is 56.8 Å². The predicted octanol–water partition coefficient (Wildman–Crippen LogP) is 2.90. The zero-order valence-electron chi connectivity index (χ0n) is 20.9. The van der Waals surface area contributed by atoms with Gasteiger partial charge in [-0.1, -0.05) is 31.3 Å². The molecule has 0 spiro atoms. The number of nitrogens with zero attached hydrogens (tertiary/aromatic N) is 3. The molecule has 1 atom stereocenters. The molecule has 4 rings (SSSR count). The third-order valence-corrected chi connectivity index (χ3v) is 7.94. The van der Waals surface area contributed by atoms with Gasteiger partial charge < -0.3 is 15.0 Å². The van der Waals surface area contributed by atoms with Crippen molar-refractivity contribution >= 4 is 12.2 Å². The van der Waals surface area contributed by atoms with E-state index in [4.69, 9.17) is 0 Å². The van der Waals surface area contributed by atoms with Crippen LogP contribution in [0.4, 0.5) is 0 Å². The molecule has 34 heavy (non-hydrogen) atoms. The second-order valence-corrected chi connectivity index (χ2v) is 9.98. The first-order valence-electron chi connectivity index (χ1n) is 13.1. The summed E-state index contributed by atoms with van der Waals surface area (Å²) >= 11 is 0. The number of carbonyl (C=O) groups is 2. The van der Waals surface area contributed by atoms with Crippen LogP contribution in [0.15, 0.2) is 18.2 Å². The fourth-order valence-electron chi connectivity index (χ4n) is 5.79. The summed E-state index contributed by atoms with van der Waals surface area (Å²) in [5.74, 6) is 6.64. The zero-order valence-corrected chi connectivity index (χ0v) is 20.9. The van der Waals surface area contributed by atoms with E-state index in [-0.39, 0.29) is 11.9 Å². The number of piperazine rings is 1. The van der Waals surface area contributed by atoms with E-state index in [1.807, 2.05) is 25.1 Å². The first-order valence-corrected chi connectivity index (χ1v) is 13.1. The average Bonchev–Trinajstić information content (AvgIpc) is 3.22. The van der Waals surface area contributed by atoms with Crippen molar-refractivity contribution in [2.75, 3.05) is 39.8 Å². The Labute approximate surface area is 205 Å². The number of aldehydes is 1. The smallest absolute Gasteiger partial charge is 0.255 e. The Bertz CT molecular complexity index is 905. The maximum Gasteiger partial charge on any atom is 0.255 e. The van der Waals surface area contributed by atoms with Crippen molar-refractivity contribution in [2.45, 2.75) is 76.5 Å². The van der Waals surface area contributed by atoms with Crippen molar-refractivity contribution in [1.29, 1.82) is 0 Å². The van der Waals surface area contributed by atoms with Gasteiger partial charge >= 0.3 is 0 Å². The van der Waals surface area contributed by atoms with E-state index in [9.17, 15) is 9.59 Å². The molecule has 6 heteroatoms. The molecular weight excluding hydrogens is 424 g/mol. The first-order chi connectivity index (χ1) is 16.6. The van der Waals surface area contributed by atoms with Gasteiger partial charge in [0.1, 0.15) is 6.29 Å². The van der Waals surface area contributed by atoms with Crippen LogP contribution in [0.25, 0.3) is 0 Å². The molecule has 3 aliphatic rings. The number of nitrogens with one attached hydrogen (secondary N) is 1. The van der Waals surface area contributed by atoms with Gasteiger partial charge in [0.2, 0.25) is 0 Å². The van der Waals surface area contributed by atoms with Crippen molar-refractivity contribution in [3.05, 3.63) is 34.9 Å². The fraction of sp³-hybridized carbons (Fsp3) is 0.643. The largest absolute Gasteiger partial charge is 0.324 e.